The minimum absolute atomic E-state index is 0.00346. The molecule has 0 unspecified atom stereocenters. The molecule has 0 bridgehead atoms. The first kappa shape index (κ1) is 17.9. The predicted octanol–water partition coefficient (Wildman–Crippen LogP) is 4.56. The van der Waals surface area contributed by atoms with Crippen LogP contribution in [0, 0.1) is 19.7 Å². The van der Waals surface area contributed by atoms with E-state index in [-0.39, 0.29) is 5.56 Å². The third-order valence-corrected chi connectivity index (χ3v) is 5.75. The molecule has 1 amide bonds. The Morgan fingerprint density at radius 3 is 2.68 bits per heavy atom. The average molecular weight is 375 g/mol. The van der Waals surface area contributed by atoms with E-state index >= 15 is 0 Å². The minimum atomic E-state index is -0.545. The van der Waals surface area contributed by atoms with E-state index in [9.17, 15) is 9.18 Å². The summed E-state index contributed by atoms with van der Waals surface area (Å²) in [5, 5.41) is 0. The Hall–Kier alpha value is -1.92. The van der Waals surface area contributed by atoms with Gasteiger partial charge in [0.25, 0.3) is 5.91 Å². The summed E-state index contributed by atoms with van der Waals surface area (Å²) in [6.45, 7) is 4.90. The topological polar surface area (TPSA) is 34.4 Å². The number of carbonyl (C=O) groups is 1. The van der Waals surface area contributed by atoms with Crippen LogP contribution >= 0.6 is 23.1 Å². The highest BCUT2D eigenvalue weighted by molar-refractivity contribution is 7.98. The van der Waals surface area contributed by atoms with Gasteiger partial charge in [-0.2, -0.15) is 16.8 Å². The highest BCUT2D eigenvalue weighted by Gasteiger charge is 2.13. The molecule has 0 aliphatic heterocycles. The van der Waals surface area contributed by atoms with Crippen molar-refractivity contribution in [3.05, 3.63) is 63.7 Å². The summed E-state index contributed by atoms with van der Waals surface area (Å²) in [6, 6.07) is 10.2. The fraction of sp³-hybridized carbons (Fsp3) is 0.263. The number of hydrogen-bond acceptors (Lipinski definition) is 3. The number of halogens is 1. The third kappa shape index (κ3) is 3.70. The number of aromatic nitrogens is 1. The summed E-state index contributed by atoms with van der Waals surface area (Å²) in [5.41, 5.74) is 3.49. The Morgan fingerprint density at radius 2 is 1.96 bits per heavy atom. The number of aryl methyl sites for hydroxylation is 3. The van der Waals surface area contributed by atoms with Gasteiger partial charge in [0.15, 0.2) is 4.80 Å². The van der Waals surface area contributed by atoms with Crippen LogP contribution in [0.15, 0.2) is 41.4 Å². The maximum atomic E-state index is 13.9. The molecule has 1 aromatic heterocycles. The molecule has 3 rings (SSSR count). The summed E-state index contributed by atoms with van der Waals surface area (Å²) < 4.78 is 17.0. The zero-order valence-electron chi connectivity index (χ0n) is 14.4. The maximum Gasteiger partial charge on any atom is 0.282 e. The molecule has 0 saturated heterocycles. The normalized spacial score (nSPS) is 12.1. The summed E-state index contributed by atoms with van der Waals surface area (Å²) in [6.07, 6.45) is 2.05. The predicted molar refractivity (Wildman–Crippen MR) is 104 cm³/mol. The number of nitrogens with zero attached hydrogens (tertiary/aromatic N) is 2. The van der Waals surface area contributed by atoms with Crippen molar-refractivity contribution in [3.8, 4) is 0 Å². The lowest BCUT2D eigenvalue weighted by Crippen LogP contribution is -2.18. The van der Waals surface area contributed by atoms with Crippen molar-refractivity contribution in [2.24, 2.45) is 4.99 Å². The summed E-state index contributed by atoms with van der Waals surface area (Å²) in [5.74, 6) is -0.171. The third-order valence-electron chi connectivity index (χ3n) is 4.12. The van der Waals surface area contributed by atoms with Crippen molar-refractivity contribution < 1.29 is 9.18 Å². The smallest absolute Gasteiger partial charge is 0.282 e. The average Bonchev–Trinajstić information content (AvgIpc) is 2.90. The lowest BCUT2D eigenvalue weighted by Gasteiger charge is -2.06. The molecule has 130 valence electrons. The molecule has 0 aliphatic rings. The van der Waals surface area contributed by atoms with Crippen LogP contribution in [0.1, 0.15) is 21.5 Å². The van der Waals surface area contributed by atoms with Gasteiger partial charge in [-0.3, -0.25) is 4.79 Å². The Kier molecular flexibility index (Phi) is 5.39. The van der Waals surface area contributed by atoms with Gasteiger partial charge in [0, 0.05) is 12.3 Å². The van der Waals surface area contributed by atoms with Crippen LogP contribution in [-0.2, 0) is 6.54 Å². The van der Waals surface area contributed by atoms with Gasteiger partial charge in [-0.25, -0.2) is 4.39 Å². The highest BCUT2D eigenvalue weighted by atomic mass is 32.2. The van der Waals surface area contributed by atoms with Gasteiger partial charge in [-0.05, 0) is 55.5 Å². The number of carbonyl (C=O) groups excluding carboxylic acids is 1. The molecular formula is C19H19FN2OS2. The molecule has 0 aliphatic carbocycles. The van der Waals surface area contributed by atoms with Crippen LogP contribution in [0.4, 0.5) is 4.39 Å². The maximum absolute atomic E-state index is 13.9. The Balaban J connectivity index is 2.17. The van der Waals surface area contributed by atoms with Crippen LogP contribution in [0.3, 0.4) is 0 Å². The van der Waals surface area contributed by atoms with Crippen molar-refractivity contribution in [2.45, 2.75) is 20.4 Å². The fourth-order valence-corrected chi connectivity index (χ4v) is 4.09. The highest BCUT2D eigenvalue weighted by Crippen LogP contribution is 2.22. The Labute approximate surface area is 154 Å². The van der Waals surface area contributed by atoms with Crippen LogP contribution < -0.4 is 4.80 Å². The first-order chi connectivity index (χ1) is 12.0. The molecule has 0 spiro atoms. The summed E-state index contributed by atoms with van der Waals surface area (Å²) in [4.78, 5) is 17.3. The van der Waals surface area contributed by atoms with Gasteiger partial charge in [0.1, 0.15) is 5.82 Å². The number of thioether (sulfide) groups is 1. The number of thiazole rings is 1. The van der Waals surface area contributed by atoms with Crippen molar-refractivity contribution in [2.75, 3.05) is 12.0 Å². The van der Waals surface area contributed by atoms with Crippen LogP contribution in [0.25, 0.3) is 10.2 Å². The van der Waals surface area contributed by atoms with Crippen molar-refractivity contribution in [3.63, 3.8) is 0 Å². The van der Waals surface area contributed by atoms with E-state index in [2.05, 4.69) is 35.5 Å². The van der Waals surface area contributed by atoms with E-state index in [0.717, 1.165) is 22.5 Å². The van der Waals surface area contributed by atoms with E-state index in [4.69, 9.17) is 0 Å². The van der Waals surface area contributed by atoms with E-state index in [1.54, 1.807) is 23.9 Å². The van der Waals surface area contributed by atoms with Gasteiger partial charge in [-0.1, -0.05) is 23.5 Å². The zero-order chi connectivity index (χ0) is 18.0. The fourth-order valence-electron chi connectivity index (χ4n) is 2.59. The zero-order valence-corrected chi connectivity index (χ0v) is 16.0. The van der Waals surface area contributed by atoms with Crippen molar-refractivity contribution in [1.29, 1.82) is 0 Å². The molecule has 2 aromatic carbocycles. The Morgan fingerprint density at radius 1 is 1.24 bits per heavy atom. The van der Waals surface area contributed by atoms with Gasteiger partial charge in [0.05, 0.1) is 15.8 Å². The second-order valence-electron chi connectivity index (χ2n) is 5.83. The minimum Gasteiger partial charge on any atom is -0.315 e. The second kappa shape index (κ2) is 7.54. The van der Waals surface area contributed by atoms with E-state index in [0.29, 0.717) is 4.80 Å². The molecule has 3 nitrogen and oxygen atoms in total. The van der Waals surface area contributed by atoms with Crippen molar-refractivity contribution in [1.82, 2.24) is 4.57 Å². The van der Waals surface area contributed by atoms with Crippen LogP contribution in [0.2, 0.25) is 0 Å². The van der Waals surface area contributed by atoms with E-state index in [1.165, 1.54) is 34.6 Å². The van der Waals surface area contributed by atoms with Gasteiger partial charge in [-0.15, -0.1) is 0 Å². The molecule has 25 heavy (non-hydrogen) atoms. The van der Waals surface area contributed by atoms with Crippen molar-refractivity contribution >= 4 is 39.2 Å². The van der Waals surface area contributed by atoms with Crippen LogP contribution in [0.5, 0.6) is 0 Å². The molecule has 0 N–H and O–H groups in total. The molecule has 0 saturated carbocycles. The monoisotopic (exact) mass is 374 g/mol. The number of benzene rings is 2. The van der Waals surface area contributed by atoms with Gasteiger partial charge < -0.3 is 4.57 Å². The molecule has 1 heterocycles. The first-order valence-electron chi connectivity index (χ1n) is 7.94. The number of fused-ring (bicyclic) bond motifs is 1. The van der Waals surface area contributed by atoms with E-state index in [1.807, 2.05) is 6.26 Å². The number of rotatable bonds is 4. The molecular weight excluding hydrogens is 355 g/mol. The molecule has 3 aromatic rings. The standard InChI is InChI=1S/C19H19FN2OS2/c1-12-10-16-17(11-13(12)2)25-19(22(16)8-9-24-3)21-18(23)14-6-4-5-7-15(14)20/h4-7,10-11H,8-9H2,1-3H3. The first-order valence-corrected chi connectivity index (χ1v) is 10.2. The van der Waals surface area contributed by atoms with E-state index < -0.39 is 11.7 Å². The largest absolute Gasteiger partial charge is 0.315 e. The summed E-state index contributed by atoms with van der Waals surface area (Å²) >= 11 is 3.21. The molecule has 0 fully saturated rings. The van der Waals surface area contributed by atoms with Crippen LogP contribution in [-0.4, -0.2) is 22.5 Å². The molecule has 0 atom stereocenters. The van der Waals surface area contributed by atoms with Gasteiger partial charge in [0.2, 0.25) is 0 Å². The van der Waals surface area contributed by atoms with Gasteiger partial charge >= 0.3 is 0 Å². The lowest BCUT2D eigenvalue weighted by atomic mass is 10.1. The Bertz CT molecular complexity index is 1000. The number of amides is 1. The SMILES string of the molecule is CSCCn1c(=NC(=O)c2ccccc2F)sc2cc(C)c(C)cc21. The molecule has 6 heteroatoms. The second-order valence-corrected chi connectivity index (χ2v) is 7.82. The molecule has 0 radical (unpaired) electrons. The number of hydrogen-bond donors (Lipinski definition) is 0. The summed E-state index contributed by atoms with van der Waals surface area (Å²) in [7, 11) is 0. The lowest BCUT2D eigenvalue weighted by molar-refractivity contribution is 0.0994. The quantitative estimate of drug-likeness (QED) is 0.671.